The van der Waals surface area contributed by atoms with Crippen LogP contribution < -0.4 is 0 Å². The van der Waals surface area contributed by atoms with E-state index in [4.69, 9.17) is 26.2 Å². The summed E-state index contributed by atoms with van der Waals surface area (Å²) in [7, 11) is 0. The molecule has 4 N–H and O–H groups in total. The van der Waals surface area contributed by atoms with E-state index >= 15 is 0 Å². The molecule has 0 spiro atoms. The lowest BCUT2D eigenvalue weighted by Gasteiger charge is -2.41. The Morgan fingerprint density at radius 3 is 2.44 bits per heavy atom. The van der Waals surface area contributed by atoms with Crippen molar-refractivity contribution in [1.82, 2.24) is 4.57 Å². The van der Waals surface area contributed by atoms with Crippen LogP contribution in [0.25, 0.3) is 10.9 Å². The molecule has 4 rings (SSSR count). The fourth-order valence-electron chi connectivity index (χ4n) is 4.36. The minimum absolute atomic E-state index is 0.0884. The van der Waals surface area contributed by atoms with Crippen molar-refractivity contribution < 1.29 is 34.7 Å². The zero-order valence-electron chi connectivity index (χ0n) is 18.7. The number of esters is 1. The molecule has 3 aromatic rings. The predicted octanol–water partition coefficient (Wildman–Crippen LogP) is 1.96. The topological polar surface area (TPSA) is 121 Å². The summed E-state index contributed by atoms with van der Waals surface area (Å²) < 4.78 is 12.6. The van der Waals surface area contributed by atoms with Gasteiger partial charge in [-0.25, -0.2) is 0 Å². The van der Waals surface area contributed by atoms with Crippen LogP contribution in [0, 0.1) is 0 Å². The number of nitrogens with zero attached hydrogens (tertiary/aromatic N) is 1. The number of carbonyl (C=O) groups is 1. The molecule has 182 valence electrons. The van der Waals surface area contributed by atoms with Gasteiger partial charge in [0, 0.05) is 25.1 Å². The first-order valence-corrected chi connectivity index (χ1v) is 11.5. The van der Waals surface area contributed by atoms with Crippen LogP contribution in [-0.2, 0) is 27.1 Å². The zero-order valence-corrected chi connectivity index (χ0v) is 19.4. The third-order valence-electron chi connectivity index (χ3n) is 6.12. The molecule has 0 unspecified atom stereocenters. The Bertz CT molecular complexity index is 1150. The maximum absolute atomic E-state index is 11.2. The molecule has 1 saturated heterocycles. The lowest BCUT2D eigenvalue weighted by molar-refractivity contribution is -0.252. The fraction of sp³-hybridized carbons (Fsp3) is 0.400. The van der Waals surface area contributed by atoms with Gasteiger partial charge in [-0.3, -0.25) is 4.79 Å². The van der Waals surface area contributed by atoms with Crippen LogP contribution in [0.15, 0.2) is 48.7 Å². The highest BCUT2D eigenvalue weighted by molar-refractivity contribution is 6.35. The number of carbonyl (C=O) groups excluding carboxylic acids is 1. The second-order valence-corrected chi connectivity index (χ2v) is 8.91. The molecule has 9 heteroatoms. The number of ether oxygens (including phenoxy) is 2. The Balaban J connectivity index is 1.69. The molecule has 5 atom stereocenters. The number of aliphatic hydroxyl groups is 4. The highest BCUT2D eigenvalue weighted by atomic mass is 35.5. The molecule has 1 aliphatic heterocycles. The normalized spacial score (nSPS) is 24.9. The van der Waals surface area contributed by atoms with Crippen molar-refractivity contribution in [2.24, 2.45) is 0 Å². The first-order chi connectivity index (χ1) is 16.3. The Morgan fingerprint density at radius 1 is 1.06 bits per heavy atom. The smallest absolute Gasteiger partial charge is 0.302 e. The van der Waals surface area contributed by atoms with Gasteiger partial charge in [-0.05, 0) is 41.7 Å². The summed E-state index contributed by atoms with van der Waals surface area (Å²) in [5, 5.41) is 42.0. The number of aliphatic hydroxyl groups excluding tert-OH is 4. The van der Waals surface area contributed by atoms with Crippen molar-refractivity contribution in [1.29, 1.82) is 0 Å². The van der Waals surface area contributed by atoms with E-state index in [9.17, 15) is 20.1 Å². The molecule has 8 nitrogen and oxygen atoms in total. The lowest BCUT2D eigenvalue weighted by Crippen LogP contribution is -2.56. The van der Waals surface area contributed by atoms with Gasteiger partial charge in [-0.2, -0.15) is 0 Å². The van der Waals surface area contributed by atoms with Crippen molar-refractivity contribution in [3.8, 4) is 0 Å². The molecule has 1 aliphatic rings. The number of benzene rings is 2. The number of fused-ring (bicyclic) bond motifs is 1. The third-order valence-corrected chi connectivity index (χ3v) is 6.43. The van der Waals surface area contributed by atoms with Crippen LogP contribution in [0.3, 0.4) is 0 Å². The number of halogens is 1. The molecule has 0 aliphatic carbocycles. The molecule has 1 fully saturated rings. The molecule has 0 radical (unpaired) electrons. The van der Waals surface area contributed by atoms with Gasteiger partial charge in [-0.15, -0.1) is 0 Å². The molecule has 34 heavy (non-hydrogen) atoms. The van der Waals surface area contributed by atoms with Crippen LogP contribution in [-0.4, -0.2) is 68.6 Å². The maximum atomic E-state index is 11.2. The standard InChI is InChI=1S/C25H28ClNO7/c1-14(29)33-13-20-22(30)23(31)24(32)25(34-20)27-12-17(21-18(26)3-2-4-19(21)27)11-16-7-5-15(6-8-16)9-10-28/h2-8,12,20,22-25,28,30-32H,9-11,13H2,1H3/t20-,22-,23+,24-,25-/m1/s1. The third kappa shape index (κ3) is 4.98. The van der Waals surface area contributed by atoms with Gasteiger partial charge in [0.15, 0.2) is 6.23 Å². The molecule has 0 bridgehead atoms. The molecule has 2 heterocycles. The summed E-state index contributed by atoms with van der Waals surface area (Å²) in [6.07, 6.45) is -3.45. The van der Waals surface area contributed by atoms with Gasteiger partial charge in [0.1, 0.15) is 31.0 Å². The Kier molecular flexibility index (Phi) is 7.57. The fourth-order valence-corrected chi connectivity index (χ4v) is 4.65. The first-order valence-electron chi connectivity index (χ1n) is 11.1. The Hall–Kier alpha value is -2.46. The minimum atomic E-state index is -1.50. The van der Waals surface area contributed by atoms with E-state index < -0.39 is 36.6 Å². The average molecular weight is 490 g/mol. The number of hydrogen-bond acceptors (Lipinski definition) is 7. The van der Waals surface area contributed by atoms with E-state index in [-0.39, 0.29) is 13.2 Å². The van der Waals surface area contributed by atoms with E-state index in [0.717, 1.165) is 22.1 Å². The Labute approximate surface area is 201 Å². The van der Waals surface area contributed by atoms with Crippen molar-refractivity contribution in [2.45, 2.75) is 50.4 Å². The van der Waals surface area contributed by atoms with E-state index in [1.54, 1.807) is 16.7 Å². The summed E-state index contributed by atoms with van der Waals surface area (Å²) in [4.78, 5) is 11.2. The van der Waals surface area contributed by atoms with E-state index in [1.807, 2.05) is 36.5 Å². The monoisotopic (exact) mass is 489 g/mol. The quantitative estimate of drug-likeness (QED) is 0.374. The van der Waals surface area contributed by atoms with Crippen LogP contribution in [0.5, 0.6) is 0 Å². The molecular weight excluding hydrogens is 462 g/mol. The predicted molar refractivity (Wildman–Crippen MR) is 126 cm³/mol. The van der Waals surface area contributed by atoms with Crippen molar-refractivity contribution in [3.05, 3.63) is 70.4 Å². The largest absolute Gasteiger partial charge is 0.463 e. The minimum Gasteiger partial charge on any atom is -0.463 e. The molecular formula is C25H28ClNO7. The lowest BCUT2D eigenvalue weighted by atomic mass is 9.98. The van der Waals surface area contributed by atoms with Crippen molar-refractivity contribution >= 4 is 28.5 Å². The zero-order chi connectivity index (χ0) is 24.4. The van der Waals surface area contributed by atoms with Gasteiger partial charge >= 0.3 is 5.97 Å². The molecule has 0 amide bonds. The van der Waals surface area contributed by atoms with Crippen LogP contribution in [0.2, 0.25) is 5.02 Å². The first kappa shape index (κ1) is 24.7. The van der Waals surface area contributed by atoms with Gasteiger partial charge < -0.3 is 34.5 Å². The number of aromatic nitrogens is 1. The molecule has 0 saturated carbocycles. The SMILES string of the molecule is CC(=O)OC[C@H]1O[C@@H](n2cc(Cc3ccc(CCO)cc3)c3c(Cl)cccc32)[C@H](O)[C@@H](O)[C@@H]1O. The second-order valence-electron chi connectivity index (χ2n) is 8.50. The van der Waals surface area contributed by atoms with Gasteiger partial charge in [0.25, 0.3) is 0 Å². The summed E-state index contributed by atoms with van der Waals surface area (Å²) in [6, 6.07) is 13.3. The Morgan fingerprint density at radius 2 is 1.76 bits per heavy atom. The van der Waals surface area contributed by atoms with Crippen molar-refractivity contribution in [2.75, 3.05) is 13.2 Å². The highest BCUT2D eigenvalue weighted by Gasteiger charge is 2.45. The van der Waals surface area contributed by atoms with Crippen LogP contribution >= 0.6 is 11.6 Å². The molecule has 1 aromatic heterocycles. The van der Waals surface area contributed by atoms with Gasteiger partial charge in [0.05, 0.1) is 10.5 Å². The van der Waals surface area contributed by atoms with E-state index in [0.29, 0.717) is 23.4 Å². The van der Waals surface area contributed by atoms with E-state index in [2.05, 4.69) is 0 Å². The van der Waals surface area contributed by atoms with Crippen LogP contribution in [0.4, 0.5) is 0 Å². The summed E-state index contributed by atoms with van der Waals surface area (Å²) in [6.45, 7) is 1.07. The number of rotatable bonds is 7. The summed E-state index contributed by atoms with van der Waals surface area (Å²) >= 11 is 6.56. The van der Waals surface area contributed by atoms with Crippen LogP contribution in [0.1, 0.15) is 29.8 Å². The highest BCUT2D eigenvalue weighted by Crippen LogP contribution is 2.36. The second kappa shape index (κ2) is 10.4. The van der Waals surface area contributed by atoms with Gasteiger partial charge in [-0.1, -0.05) is 41.9 Å². The summed E-state index contributed by atoms with van der Waals surface area (Å²) in [5.74, 6) is -0.543. The van der Waals surface area contributed by atoms with Crippen molar-refractivity contribution in [3.63, 3.8) is 0 Å². The van der Waals surface area contributed by atoms with E-state index in [1.165, 1.54) is 6.92 Å². The summed E-state index contributed by atoms with van der Waals surface area (Å²) in [5.41, 5.74) is 3.66. The molecule has 2 aromatic carbocycles. The van der Waals surface area contributed by atoms with Gasteiger partial charge in [0.2, 0.25) is 0 Å². The average Bonchev–Trinajstić information content (AvgIpc) is 3.18. The maximum Gasteiger partial charge on any atom is 0.302 e. The number of hydrogen-bond donors (Lipinski definition) is 4.